The van der Waals surface area contributed by atoms with E-state index in [1.54, 1.807) is 0 Å². The number of rotatable bonds is 5. The number of nitrogens with one attached hydrogen (secondary N) is 1. The number of halogens is 1. The van der Waals surface area contributed by atoms with E-state index in [4.69, 9.17) is 0 Å². The van der Waals surface area contributed by atoms with Gasteiger partial charge in [-0.3, -0.25) is 0 Å². The minimum Gasteiger partial charge on any atom is -0.370 e. The zero-order chi connectivity index (χ0) is 14.5. The van der Waals surface area contributed by atoms with Gasteiger partial charge in [-0.25, -0.2) is 0 Å². The summed E-state index contributed by atoms with van der Waals surface area (Å²) in [6.07, 6.45) is 1.17. The summed E-state index contributed by atoms with van der Waals surface area (Å²) < 4.78 is 1.22. The number of anilines is 1. The third-order valence-corrected chi connectivity index (χ3v) is 5.58. The minimum atomic E-state index is 0.397. The first-order valence-electron chi connectivity index (χ1n) is 7.51. The standard InChI is InChI=1S/C16H25BrN2S/c1-4-7-18-13(3)15-6-5-14(10-16(15)17)19-8-9-20-12(2)11-19/h5-6,10,12-13,18H,4,7-9,11H2,1-3H3. The molecule has 20 heavy (non-hydrogen) atoms. The lowest BCUT2D eigenvalue weighted by atomic mass is 10.1. The average molecular weight is 357 g/mol. The van der Waals surface area contributed by atoms with Crippen LogP contribution in [0.1, 0.15) is 38.8 Å². The third-order valence-electron chi connectivity index (χ3n) is 3.76. The number of nitrogens with zero attached hydrogens (tertiary/aromatic N) is 1. The van der Waals surface area contributed by atoms with Crippen molar-refractivity contribution in [2.24, 2.45) is 0 Å². The monoisotopic (exact) mass is 356 g/mol. The molecule has 112 valence electrons. The molecular formula is C16H25BrN2S. The number of hydrogen-bond donors (Lipinski definition) is 1. The molecule has 0 aliphatic carbocycles. The summed E-state index contributed by atoms with van der Waals surface area (Å²) in [7, 11) is 0. The van der Waals surface area contributed by atoms with E-state index in [0.29, 0.717) is 6.04 Å². The van der Waals surface area contributed by atoms with Crippen molar-refractivity contribution in [1.82, 2.24) is 5.32 Å². The van der Waals surface area contributed by atoms with Gasteiger partial charge in [0.25, 0.3) is 0 Å². The molecule has 0 bridgehead atoms. The molecule has 1 aliphatic rings. The maximum Gasteiger partial charge on any atom is 0.0378 e. The topological polar surface area (TPSA) is 15.3 Å². The largest absolute Gasteiger partial charge is 0.370 e. The van der Waals surface area contributed by atoms with Crippen LogP contribution >= 0.6 is 27.7 Å². The SMILES string of the molecule is CCCNC(C)c1ccc(N2CCSC(C)C2)cc1Br. The highest BCUT2D eigenvalue weighted by molar-refractivity contribution is 9.10. The van der Waals surface area contributed by atoms with Gasteiger partial charge in [0.05, 0.1) is 0 Å². The van der Waals surface area contributed by atoms with Crippen LogP contribution in [0, 0.1) is 0 Å². The Morgan fingerprint density at radius 2 is 2.30 bits per heavy atom. The van der Waals surface area contributed by atoms with E-state index in [1.807, 2.05) is 0 Å². The molecule has 2 unspecified atom stereocenters. The molecule has 1 N–H and O–H groups in total. The molecular weight excluding hydrogens is 332 g/mol. The Balaban J connectivity index is 2.08. The number of benzene rings is 1. The second-order valence-corrected chi connectivity index (χ2v) is 7.91. The first kappa shape index (κ1) is 16.2. The van der Waals surface area contributed by atoms with Crippen LogP contribution in [0.3, 0.4) is 0 Å². The van der Waals surface area contributed by atoms with E-state index in [9.17, 15) is 0 Å². The highest BCUT2D eigenvalue weighted by Crippen LogP contribution is 2.30. The molecule has 2 nitrogen and oxygen atoms in total. The smallest absolute Gasteiger partial charge is 0.0378 e. The summed E-state index contributed by atoms with van der Waals surface area (Å²) in [5.41, 5.74) is 2.69. The second kappa shape index (κ2) is 7.71. The minimum absolute atomic E-state index is 0.397. The van der Waals surface area contributed by atoms with E-state index in [1.165, 1.54) is 27.9 Å². The van der Waals surface area contributed by atoms with Crippen LogP contribution in [-0.4, -0.2) is 30.6 Å². The molecule has 0 amide bonds. The molecule has 1 aromatic rings. The van der Waals surface area contributed by atoms with Gasteiger partial charge < -0.3 is 10.2 Å². The van der Waals surface area contributed by atoms with Crippen LogP contribution in [-0.2, 0) is 0 Å². The molecule has 4 heteroatoms. The van der Waals surface area contributed by atoms with Crippen LogP contribution in [0.4, 0.5) is 5.69 Å². The Morgan fingerprint density at radius 3 is 2.95 bits per heavy atom. The van der Waals surface area contributed by atoms with E-state index in [2.05, 4.69) is 76.9 Å². The zero-order valence-electron chi connectivity index (χ0n) is 12.7. The molecule has 1 saturated heterocycles. The molecule has 2 atom stereocenters. The van der Waals surface area contributed by atoms with Gasteiger partial charge in [0, 0.05) is 40.3 Å². The van der Waals surface area contributed by atoms with Crippen LogP contribution in [0.2, 0.25) is 0 Å². The van der Waals surface area contributed by atoms with Crippen molar-refractivity contribution in [3.63, 3.8) is 0 Å². The van der Waals surface area contributed by atoms with Gasteiger partial charge in [-0.15, -0.1) is 0 Å². The predicted molar refractivity (Wildman–Crippen MR) is 95.0 cm³/mol. The van der Waals surface area contributed by atoms with E-state index in [-0.39, 0.29) is 0 Å². The molecule has 2 rings (SSSR count). The van der Waals surface area contributed by atoms with Crippen LogP contribution in [0.15, 0.2) is 22.7 Å². The lowest BCUT2D eigenvalue weighted by Gasteiger charge is -2.33. The van der Waals surface area contributed by atoms with Crippen LogP contribution in [0.5, 0.6) is 0 Å². The molecule has 1 fully saturated rings. The van der Waals surface area contributed by atoms with Gasteiger partial charge in [-0.05, 0) is 37.6 Å². The Hall–Kier alpha value is -0.190. The molecule has 1 aromatic carbocycles. The van der Waals surface area contributed by atoms with E-state index < -0.39 is 0 Å². The van der Waals surface area contributed by atoms with Crippen molar-refractivity contribution < 1.29 is 0 Å². The van der Waals surface area contributed by atoms with Gasteiger partial charge in [0.2, 0.25) is 0 Å². The van der Waals surface area contributed by atoms with Gasteiger partial charge >= 0.3 is 0 Å². The third kappa shape index (κ3) is 4.15. The molecule has 0 radical (unpaired) electrons. The molecule has 0 aromatic heterocycles. The maximum absolute atomic E-state index is 3.75. The first-order valence-corrected chi connectivity index (χ1v) is 9.35. The highest BCUT2D eigenvalue weighted by atomic mass is 79.9. The van der Waals surface area contributed by atoms with Gasteiger partial charge in [0.1, 0.15) is 0 Å². The van der Waals surface area contributed by atoms with Crippen molar-refractivity contribution in [3.8, 4) is 0 Å². The fraction of sp³-hybridized carbons (Fsp3) is 0.625. The molecule has 0 saturated carbocycles. The van der Waals surface area contributed by atoms with Gasteiger partial charge in [0.15, 0.2) is 0 Å². The zero-order valence-corrected chi connectivity index (χ0v) is 15.1. The highest BCUT2D eigenvalue weighted by Gasteiger charge is 2.18. The van der Waals surface area contributed by atoms with Crippen molar-refractivity contribution in [1.29, 1.82) is 0 Å². The van der Waals surface area contributed by atoms with E-state index in [0.717, 1.165) is 24.9 Å². The molecule has 0 spiro atoms. The fourth-order valence-electron chi connectivity index (χ4n) is 2.59. The summed E-state index contributed by atoms with van der Waals surface area (Å²) in [5.74, 6) is 1.23. The van der Waals surface area contributed by atoms with Crippen molar-refractivity contribution in [3.05, 3.63) is 28.2 Å². The normalized spacial score (nSPS) is 21.0. The Labute approximate surface area is 135 Å². The van der Waals surface area contributed by atoms with Crippen molar-refractivity contribution in [2.45, 2.75) is 38.5 Å². The average Bonchev–Trinajstić information content (AvgIpc) is 2.44. The summed E-state index contributed by atoms with van der Waals surface area (Å²) in [4.78, 5) is 2.50. The summed E-state index contributed by atoms with van der Waals surface area (Å²) >= 11 is 5.82. The lowest BCUT2D eigenvalue weighted by Crippen LogP contribution is -2.36. The second-order valence-electron chi connectivity index (χ2n) is 5.51. The fourth-order valence-corrected chi connectivity index (χ4v) is 4.31. The van der Waals surface area contributed by atoms with E-state index >= 15 is 0 Å². The number of hydrogen-bond acceptors (Lipinski definition) is 3. The van der Waals surface area contributed by atoms with Crippen molar-refractivity contribution in [2.75, 3.05) is 30.3 Å². The van der Waals surface area contributed by atoms with Crippen molar-refractivity contribution >= 4 is 33.4 Å². The summed E-state index contributed by atoms with van der Waals surface area (Å²) in [6, 6.07) is 7.21. The first-order chi connectivity index (χ1) is 9.61. The lowest BCUT2D eigenvalue weighted by molar-refractivity contribution is 0.569. The Bertz CT molecular complexity index is 438. The summed E-state index contributed by atoms with van der Waals surface area (Å²) in [6.45, 7) is 10.1. The molecule has 1 aliphatic heterocycles. The maximum atomic E-state index is 3.75. The Kier molecular flexibility index (Phi) is 6.24. The number of thioether (sulfide) groups is 1. The molecule has 1 heterocycles. The van der Waals surface area contributed by atoms with Gasteiger partial charge in [-0.1, -0.05) is 35.8 Å². The predicted octanol–water partition coefficient (Wildman–Crippen LogP) is 4.45. The summed E-state index contributed by atoms with van der Waals surface area (Å²) in [5, 5.41) is 4.28. The van der Waals surface area contributed by atoms with Crippen LogP contribution < -0.4 is 10.2 Å². The Morgan fingerprint density at radius 1 is 1.50 bits per heavy atom. The van der Waals surface area contributed by atoms with Crippen LogP contribution in [0.25, 0.3) is 0 Å². The van der Waals surface area contributed by atoms with Gasteiger partial charge in [-0.2, -0.15) is 11.8 Å². The quantitative estimate of drug-likeness (QED) is 0.838.